The van der Waals surface area contributed by atoms with Gasteiger partial charge in [0, 0.05) is 11.6 Å². The smallest absolute Gasteiger partial charge is 0.187 e. The lowest BCUT2D eigenvalue weighted by Gasteiger charge is -2.00. The fourth-order valence-electron chi connectivity index (χ4n) is 0.980. The van der Waals surface area contributed by atoms with Crippen LogP contribution in [0.15, 0.2) is 18.5 Å². The van der Waals surface area contributed by atoms with Crippen molar-refractivity contribution < 1.29 is 14.5 Å². The number of carbonyl (C=O) groups excluding carboxylic acids is 1. The van der Waals surface area contributed by atoms with Crippen molar-refractivity contribution in [1.82, 2.24) is 0 Å². The van der Waals surface area contributed by atoms with Gasteiger partial charge in [-0.1, -0.05) is 0 Å². The average molecular weight is 165 g/mol. The van der Waals surface area contributed by atoms with Crippen molar-refractivity contribution in [2.75, 3.05) is 0 Å². The summed E-state index contributed by atoms with van der Waals surface area (Å²) in [6.07, 6.45) is 3.53. The van der Waals surface area contributed by atoms with E-state index >= 15 is 0 Å². The summed E-state index contributed by atoms with van der Waals surface area (Å²) in [5.41, 5.74) is 2.24. The van der Waals surface area contributed by atoms with E-state index in [9.17, 15) is 9.90 Å². The van der Waals surface area contributed by atoms with Crippen molar-refractivity contribution in [2.45, 2.75) is 20.4 Å². The second-order valence-electron chi connectivity index (χ2n) is 2.86. The quantitative estimate of drug-likeness (QED) is 0.546. The SMILES string of the molecule is Cc1cc[n+](CC(=O)[O-])cc1C. The number of carboxylic acid groups (broad SMARTS) is 1. The summed E-state index contributed by atoms with van der Waals surface area (Å²) in [4.78, 5) is 10.2. The first-order valence-corrected chi connectivity index (χ1v) is 3.76. The Morgan fingerprint density at radius 3 is 2.67 bits per heavy atom. The normalized spacial score (nSPS) is 9.83. The summed E-state index contributed by atoms with van der Waals surface area (Å²) in [6.45, 7) is 3.85. The van der Waals surface area contributed by atoms with Crippen molar-refractivity contribution in [3.63, 3.8) is 0 Å². The summed E-state index contributed by atoms with van der Waals surface area (Å²) in [5.74, 6) is -1.07. The molecule has 0 amide bonds. The Labute approximate surface area is 71.3 Å². The van der Waals surface area contributed by atoms with Crippen LogP contribution in [0, 0.1) is 13.8 Å². The van der Waals surface area contributed by atoms with Crippen LogP contribution in [0.1, 0.15) is 11.1 Å². The zero-order valence-corrected chi connectivity index (χ0v) is 7.20. The van der Waals surface area contributed by atoms with Gasteiger partial charge in [0.2, 0.25) is 0 Å². The molecule has 0 aliphatic rings. The number of hydrogen-bond donors (Lipinski definition) is 0. The van der Waals surface area contributed by atoms with Crippen molar-refractivity contribution >= 4 is 5.97 Å². The van der Waals surface area contributed by atoms with Crippen LogP contribution in [-0.2, 0) is 11.3 Å². The van der Waals surface area contributed by atoms with Gasteiger partial charge in [0.25, 0.3) is 0 Å². The Morgan fingerprint density at radius 1 is 1.50 bits per heavy atom. The highest BCUT2D eigenvalue weighted by Gasteiger charge is 2.02. The van der Waals surface area contributed by atoms with Crippen LogP contribution >= 0.6 is 0 Å². The summed E-state index contributed by atoms with van der Waals surface area (Å²) >= 11 is 0. The van der Waals surface area contributed by atoms with Crippen LogP contribution < -0.4 is 9.67 Å². The minimum atomic E-state index is -1.07. The molecule has 0 aliphatic heterocycles. The van der Waals surface area contributed by atoms with Gasteiger partial charge in [-0.3, -0.25) is 0 Å². The van der Waals surface area contributed by atoms with E-state index in [1.165, 1.54) is 0 Å². The number of hydrogen-bond acceptors (Lipinski definition) is 2. The number of pyridine rings is 1. The highest BCUT2D eigenvalue weighted by molar-refractivity contribution is 5.62. The van der Waals surface area contributed by atoms with E-state index in [2.05, 4.69) is 0 Å². The predicted octanol–water partition coefficient (Wildman–Crippen LogP) is -0.659. The number of carboxylic acids is 1. The molecule has 0 fully saturated rings. The predicted molar refractivity (Wildman–Crippen MR) is 41.1 cm³/mol. The molecular formula is C9H11NO2. The lowest BCUT2D eigenvalue weighted by Crippen LogP contribution is -2.43. The first-order chi connectivity index (χ1) is 5.59. The summed E-state index contributed by atoms with van der Waals surface area (Å²) in [5, 5.41) is 10.2. The topological polar surface area (TPSA) is 44.0 Å². The zero-order valence-electron chi connectivity index (χ0n) is 7.20. The first kappa shape index (κ1) is 8.71. The van der Waals surface area contributed by atoms with E-state index < -0.39 is 5.97 Å². The van der Waals surface area contributed by atoms with Crippen molar-refractivity contribution in [3.05, 3.63) is 29.6 Å². The van der Waals surface area contributed by atoms with Gasteiger partial charge in [0.05, 0.1) is 0 Å². The highest BCUT2D eigenvalue weighted by atomic mass is 16.4. The van der Waals surface area contributed by atoms with E-state index in [0.29, 0.717) is 0 Å². The third-order valence-corrected chi connectivity index (χ3v) is 1.81. The van der Waals surface area contributed by atoms with E-state index in [4.69, 9.17) is 0 Å². The van der Waals surface area contributed by atoms with Gasteiger partial charge in [0.15, 0.2) is 18.9 Å². The first-order valence-electron chi connectivity index (χ1n) is 3.76. The molecular weight excluding hydrogens is 154 g/mol. The second-order valence-corrected chi connectivity index (χ2v) is 2.86. The maximum absolute atomic E-state index is 10.2. The molecule has 0 bridgehead atoms. The maximum Gasteiger partial charge on any atom is 0.187 e. The standard InChI is InChI=1S/C9H11NO2/c1-7-3-4-10(5-8(7)2)6-9(11)12/h3-5H,6H2,1-2H3. The highest BCUT2D eigenvalue weighted by Crippen LogP contribution is 1.99. The molecule has 0 unspecified atom stereocenters. The van der Waals surface area contributed by atoms with Crippen molar-refractivity contribution in [3.8, 4) is 0 Å². The molecule has 12 heavy (non-hydrogen) atoms. The molecule has 0 spiro atoms. The molecule has 0 radical (unpaired) electrons. The van der Waals surface area contributed by atoms with Gasteiger partial charge in [-0.15, -0.1) is 0 Å². The summed E-state index contributed by atoms with van der Waals surface area (Å²) < 4.78 is 1.59. The van der Waals surface area contributed by atoms with Crippen LogP contribution in [0.3, 0.4) is 0 Å². The maximum atomic E-state index is 10.2. The lowest BCUT2D eigenvalue weighted by atomic mass is 10.2. The molecule has 1 aromatic rings. The Kier molecular flexibility index (Phi) is 2.43. The molecule has 1 aromatic heterocycles. The van der Waals surface area contributed by atoms with Gasteiger partial charge in [-0.2, -0.15) is 4.57 Å². The van der Waals surface area contributed by atoms with Crippen molar-refractivity contribution in [1.29, 1.82) is 0 Å². The lowest BCUT2D eigenvalue weighted by molar-refractivity contribution is -0.691. The van der Waals surface area contributed by atoms with Crippen LogP contribution in [0.25, 0.3) is 0 Å². The van der Waals surface area contributed by atoms with E-state index in [0.717, 1.165) is 11.1 Å². The third-order valence-electron chi connectivity index (χ3n) is 1.81. The van der Waals surface area contributed by atoms with Gasteiger partial charge in [0.1, 0.15) is 5.97 Å². The number of aryl methyl sites for hydroxylation is 2. The molecule has 0 saturated heterocycles. The van der Waals surface area contributed by atoms with Gasteiger partial charge >= 0.3 is 0 Å². The Balaban J connectivity index is 2.89. The molecule has 3 nitrogen and oxygen atoms in total. The molecule has 0 aromatic carbocycles. The average Bonchev–Trinajstić information content (AvgIpc) is 1.96. The molecule has 0 N–H and O–H groups in total. The molecule has 3 heteroatoms. The van der Waals surface area contributed by atoms with E-state index in [1.807, 2.05) is 19.9 Å². The molecule has 0 saturated carbocycles. The van der Waals surface area contributed by atoms with Crippen LogP contribution in [0.4, 0.5) is 0 Å². The number of carbonyl (C=O) groups is 1. The Morgan fingerprint density at radius 2 is 2.17 bits per heavy atom. The molecule has 1 heterocycles. The van der Waals surface area contributed by atoms with Gasteiger partial charge in [-0.25, -0.2) is 0 Å². The Bertz CT molecular complexity index is 307. The van der Waals surface area contributed by atoms with E-state index in [-0.39, 0.29) is 6.54 Å². The molecule has 64 valence electrons. The number of rotatable bonds is 2. The summed E-state index contributed by atoms with van der Waals surface area (Å²) in [7, 11) is 0. The largest absolute Gasteiger partial charge is 0.544 e. The minimum Gasteiger partial charge on any atom is -0.544 e. The zero-order chi connectivity index (χ0) is 9.14. The Hall–Kier alpha value is -1.38. The monoisotopic (exact) mass is 165 g/mol. The molecule has 1 rings (SSSR count). The molecule has 0 atom stereocenters. The number of nitrogens with zero attached hydrogens (tertiary/aromatic N) is 1. The number of aliphatic carboxylic acids is 1. The second kappa shape index (κ2) is 3.34. The molecule has 0 aliphatic carbocycles. The van der Waals surface area contributed by atoms with Gasteiger partial charge < -0.3 is 9.90 Å². The van der Waals surface area contributed by atoms with Crippen LogP contribution in [0.5, 0.6) is 0 Å². The van der Waals surface area contributed by atoms with E-state index in [1.54, 1.807) is 17.0 Å². The van der Waals surface area contributed by atoms with Crippen LogP contribution in [0.2, 0.25) is 0 Å². The third kappa shape index (κ3) is 2.05. The fraction of sp³-hybridized carbons (Fsp3) is 0.333. The van der Waals surface area contributed by atoms with Crippen LogP contribution in [-0.4, -0.2) is 5.97 Å². The van der Waals surface area contributed by atoms with Gasteiger partial charge in [-0.05, 0) is 19.4 Å². The van der Waals surface area contributed by atoms with Crippen molar-refractivity contribution in [2.24, 2.45) is 0 Å². The fourth-order valence-corrected chi connectivity index (χ4v) is 0.980. The summed E-state index contributed by atoms with van der Waals surface area (Å²) in [6, 6.07) is 1.89. The number of aromatic nitrogens is 1. The minimum absolute atomic E-state index is 0.0822.